The van der Waals surface area contributed by atoms with E-state index in [2.05, 4.69) is 5.32 Å². The minimum absolute atomic E-state index is 0.0632. The van der Waals surface area contributed by atoms with E-state index in [0.717, 1.165) is 23.4 Å². The number of carbonyl (C=O) groups is 2. The van der Waals surface area contributed by atoms with Crippen molar-refractivity contribution in [2.45, 2.75) is 20.3 Å². The van der Waals surface area contributed by atoms with Crippen molar-refractivity contribution in [2.24, 2.45) is 0 Å². The van der Waals surface area contributed by atoms with Crippen LogP contribution in [0.15, 0.2) is 78.9 Å². The first kappa shape index (κ1) is 20.1. The number of nitrogens with zero attached hydrogens (tertiary/aromatic N) is 1. The SMILES string of the molecule is CCc1ccccc1NC(=O)CN(C(C)=O)c1ccc(Oc2ccccc2)cc1. The molecule has 0 heterocycles. The normalized spacial score (nSPS) is 10.3. The van der Waals surface area contributed by atoms with Gasteiger partial charge in [0.2, 0.25) is 11.8 Å². The monoisotopic (exact) mass is 388 g/mol. The van der Waals surface area contributed by atoms with Gasteiger partial charge in [-0.25, -0.2) is 0 Å². The molecule has 5 heteroatoms. The molecule has 0 saturated heterocycles. The number of hydrogen-bond donors (Lipinski definition) is 1. The smallest absolute Gasteiger partial charge is 0.244 e. The van der Waals surface area contributed by atoms with Gasteiger partial charge in [-0.15, -0.1) is 0 Å². The number of para-hydroxylation sites is 2. The van der Waals surface area contributed by atoms with Crippen molar-refractivity contribution in [2.75, 3.05) is 16.8 Å². The average Bonchev–Trinajstić information content (AvgIpc) is 2.74. The molecule has 0 fully saturated rings. The largest absolute Gasteiger partial charge is 0.457 e. The predicted molar refractivity (Wildman–Crippen MR) is 115 cm³/mol. The number of ether oxygens (including phenoxy) is 1. The van der Waals surface area contributed by atoms with E-state index >= 15 is 0 Å². The molecular weight excluding hydrogens is 364 g/mol. The quantitative estimate of drug-likeness (QED) is 0.617. The highest BCUT2D eigenvalue weighted by atomic mass is 16.5. The summed E-state index contributed by atoms with van der Waals surface area (Å²) in [5, 5.41) is 2.90. The van der Waals surface area contributed by atoms with Crippen molar-refractivity contribution < 1.29 is 14.3 Å². The molecule has 5 nitrogen and oxygen atoms in total. The van der Waals surface area contributed by atoms with Gasteiger partial charge < -0.3 is 15.0 Å². The van der Waals surface area contributed by atoms with Gasteiger partial charge in [-0.2, -0.15) is 0 Å². The Labute approximate surface area is 170 Å². The molecule has 0 aromatic heterocycles. The average molecular weight is 388 g/mol. The molecule has 0 aliphatic heterocycles. The maximum Gasteiger partial charge on any atom is 0.244 e. The van der Waals surface area contributed by atoms with Crippen LogP contribution in [0.1, 0.15) is 19.4 Å². The third-order valence-electron chi connectivity index (χ3n) is 4.48. The van der Waals surface area contributed by atoms with Gasteiger partial charge >= 0.3 is 0 Å². The van der Waals surface area contributed by atoms with Crippen LogP contribution in [0.4, 0.5) is 11.4 Å². The molecule has 3 aromatic rings. The Morgan fingerprint density at radius 1 is 0.862 bits per heavy atom. The second-order valence-electron chi connectivity index (χ2n) is 6.57. The number of hydrogen-bond acceptors (Lipinski definition) is 3. The maximum absolute atomic E-state index is 12.5. The van der Waals surface area contributed by atoms with E-state index < -0.39 is 0 Å². The van der Waals surface area contributed by atoms with Gasteiger partial charge in [0.25, 0.3) is 0 Å². The third-order valence-corrected chi connectivity index (χ3v) is 4.48. The zero-order valence-corrected chi connectivity index (χ0v) is 16.6. The minimum atomic E-state index is -0.245. The third kappa shape index (κ3) is 5.45. The Balaban J connectivity index is 1.69. The lowest BCUT2D eigenvalue weighted by molar-refractivity contribution is -0.120. The van der Waals surface area contributed by atoms with Gasteiger partial charge in [-0.3, -0.25) is 9.59 Å². The first-order valence-corrected chi connectivity index (χ1v) is 9.55. The van der Waals surface area contributed by atoms with Crippen LogP contribution < -0.4 is 15.0 Å². The lowest BCUT2D eigenvalue weighted by Gasteiger charge is -2.21. The number of nitrogens with one attached hydrogen (secondary N) is 1. The fourth-order valence-corrected chi connectivity index (χ4v) is 2.99. The summed E-state index contributed by atoms with van der Waals surface area (Å²) >= 11 is 0. The highest BCUT2D eigenvalue weighted by molar-refractivity contribution is 6.02. The molecule has 29 heavy (non-hydrogen) atoms. The Kier molecular flexibility index (Phi) is 6.63. The number of amides is 2. The molecule has 0 bridgehead atoms. The Bertz CT molecular complexity index is 969. The molecule has 0 spiro atoms. The number of rotatable bonds is 7. The van der Waals surface area contributed by atoms with Crippen molar-refractivity contribution in [3.63, 3.8) is 0 Å². The molecule has 1 N–H and O–H groups in total. The zero-order chi connectivity index (χ0) is 20.6. The first-order chi connectivity index (χ1) is 14.1. The number of carbonyl (C=O) groups excluding carboxylic acids is 2. The van der Waals surface area contributed by atoms with E-state index in [9.17, 15) is 9.59 Å². The van der Waals surface area contributed by atoms with Crippen LogP contribution >= 0.6 is 0 Å². The van der Waals surface area contributed by atoms with Gasteiger partial charge in [-0.1, -0.05) is 43.3 Å². The van der Waals surface area contributed by atoms with Crippen LogP contribution in [0.2, 0.25) is 0 Å². The summed E-state index contributed by atoms with van der Waals surface area (Å²) in [4.78, 5) is 26.1. The van der Waals surface area contributed by atoms with Crippen molar-refractivity contribution in [1.29, 1.82) is 0 Å². The second-order valence-corrected chi connectivity index (χ2v) is 6.57. The molecule has 0 radical (unpaired) electrons. The summed E-state index contributed by atoms with van der Waals surface area (Å²) in [7, 11) is 0. The van der Waals surface area contributed by atoms with E-state index in [1.165, 1.54) is 11.8 Å². The lowest BCUT2D eigenvalue weighted by atomic mass is 10.1. The van der Waals surface area contributed by atoms with Crippen LogP contribution in [0, 0.1) is 0 Å². The zero-order valence-electron chi connectivity index (χ0n) is 16.6. The van der Waals surface area contributed by atoms with Crippen LogP contribution in [0.25, 0.3) is 0 Å². The van der Waals surface area contributed by atoms with Crippen molar-refractivity contribution in [1.82, 2.24) is 0 Å². The van der Waals surface area contributed by atoms with E-state index in [1.807, 2.05) is 61.5 Å². The summed E-state index contributed by atoms with van der Waals surface area (Å²) in [6.07, 6.45) is 0.815. The minimum Gasteiger partial charge on any atom is -0.457 e. The number of benzene rings is 3. The Morgan fingerprint density at radius 2 is 1.48 bits per heavy atom. The topological polar surface area (TPSA) is 58.6 Å². The molecule has 0 unspecified atom stereocenters. The molecule has 0 atom stereocenters. The fourth-order valence-electron chi connectivity index (χ4n) is 2.99. The molecule has 3 aromatic carbocycles. The van der Waals surface area contributed by atoms with Gasteiger partial charge in [0.1, 0.15) is 18.0 Å². The highest BCUT2D eigenvalue weighted by Gasteiger charge is 2.16. The molecule has 0 aliphatic rings. The summed E-state index contributed by atoms with van der Waals surface area (Å²) in [6.45, 7) is 3.42. The number of anilines is 2. The Morgan fingerprint density at radius 3 is 2.14 bits per heavy atom. The van der Waals surface area contributed by atoms with E-state index in [4.69, 9.17) is 4.74 Å². The van der Waals surface area contributed by atoms with Crippen LogP contribution in [-0.4, -0.2) is 18.4 Å². The molecule has 0 aliphatic carbocycles. The second kappa shape index (κ2) is 9.55. The van der Waals surface area contributed by atoms with E-state index in [-0.39, 0.29) is 18.4 Å². The van der Waals surface area contributed by atoms with Crippen LogP contribution in [0.5, 0.6) is 11.5 Å². The van der Waals surface area contributed by atoms with Crippen molar-refractivity contribution >= 4 is 23.2 Å². The molecule has 2 amide bonds. The van der Waals surface area contributed by atoms with Crippen molar-refractivity contribution in [3.05, 3.63) is 84.4 Å². The van der Waals surface area contributed by atoms with E-state index in [0.29, 0.717) is 11.4 Å². The fraction of sp³-hybridized carbons (Fsp3) is 0.167. The first-order valence-electron chi connectivity index (χ1n) is 9.55. The van der Waals surface area contributed by atoms with Gasteiger partial charge in [0, 0.05) is 18.3 Å². The molecular formula is C24H24N2O3. The lowest BCUT2D eigenvalue weighted by Crippen LogP contribution is -2.36. The van der Waals surface area contributed by atoms with Crippen LogP contribution in [-0.2, 0) is 16.0 Å². The molecule has 148 valence electrons. The van der Waals surface area contributed by atoms with E-state index in [1.54, 1.807) is 24.3 Å². The number of aryl methyl sites for hydroxylation is 1. The van der Waals surface area contributed by atoms with Gasteiger partial charge in [-0.05, 0) is 54.4 Å². The van der Waals surface area contributed by atoms with Crippen molar-refractivity contribution in [3.8, 4) is 11.5 Å². The van der Waals surface area contributed by atoms with Gasteiger partial charge in [0.05, 0.1) is 0 Å². The summed E-state index contributed by atoms with van der Waals surface area (Å²) in [5.74, 6) is 0.939. The molecule has 3 rings (SSSR count). The summed E-state index contributed by atoms with van der Waals surface area (Å²) < 4.78 is 5.78. The maximum atomic E-state index is 12.5. The predicted octanol–water partition coefficient (Wildman–Crippen LogP) is 5.03. The van der Waals surface area contributed by atoms with Crippen LogP contribution in [0.3, 0.4) is 0 Å². The summed E-state index contributed by atoms with van der Waals surface area (Å²) in [6, 6.07) is 24.2. The molecule has 0 saturated carbocycles. The Hall–Kier alpha value is -3.60. The summed E-state index contributed by atoms with van der Waals surface area (Å²) in [5.41, 5.74) is 2.46. The standard InChI is InChI=1S/C24H24N2O3/c1-3-19-9-7-8-12-23(19)25-24(28)17-26(18(2)27)20-13-15-22(16-14-20)29-21-10-5-4-6-11-21/h4-16H,3,17H2,1-2H3,(H,25,28). The highest BCUT2D eigenvalue weighted by Crippen LogP contribution is 2.24. The van der Waals surface area contributed by atoms with Gasteiger partial charge in [0.15, 0.2) is 0 Å².